The average Bonchev–Trinajstić information content (AvgIpc) is 3.31. The second-order valence-corrected chi connectivity index (χ2v) is 6.05. The number of rotatable bonds is 7. The summed E-state index contributed by atoms with van der Waals surface area (Å²) < 4.78 is 7.49. The summed E-state index contributed by atoms with van der Waals surface area (Å²) in [7, 11) is 1.63. The van der Waals surface area contributed by atoms with Crippen molar-refractivity contribution in [1.29, 1.82) is 0 Å². The first-order chi connectivity index (χ1) is 11.2. The van der Waals surface area contributed by atoms with Gasteiger partial charge in [0.1, 0.15) is 11.6 Å². The third kappa shape index (κ3) is 3.92. The molecule has 1 aromatic heterocycles. The molecule has 0 spiro atoms. The molecule has 3 rings (SSSR count). The van der Waals surface area contributed by atoms with Gasteiger partial charge in [-0.1, -0.05) is 12.1 Å². The van der Waals surface area contributed by atoms with Gasteiger partial charge in [0.05, 0.1) is 13.5 Å². The van der Waals surface area contributed by atoms with Crippen LogP contribution in [0, 0.1) is 6.92 Å². The Morgan fingerprint density at radius 3 is 3.00 bits per heavy atom. The molecule has 23 heavy (non-hydrogen) atoms. The van der Waals surface area contributed by atoms with Gasteiger partial charge >= 0.3 is 0 Å². The zero-order valence-electron chi connectivity index (χ0n) is 13.7. The molecular formula is C18H23N3O2. The fraction of sp³-hybridized carbons (Fsp3) is 0.444. The number of aryl methyl sites for hydroxylation is 1. The van der Waals surface area contributed by atoms with Crippen LogP contribution >= 0.6 is 0 Å². The van der Waals surface area contributed by atoms with Gasteiger partial charge in [-0.3, -0.25) is 4.79 Å². The molecule has 1 fully saturated rings. The van der Waals surface area contributed by atoms with Crippen LogP contribution in [0.3, 0.4) is 0 Å². The molecule has 0 aliphatic heterocycles. The van der Waals surface area contributed by atoms with Crippen molar-refractivity contribution in [3.8, 4) is 5.75 Å². The quantitative estimate of drug-likeness (QED) is 0.854. The second kappa shape index (κ2) is 6.86. The lowest BCUT2D eigenvalue weighted by Gasteiger charge is -2.09. The van der Waals surface area contributed by atoms with E-state index >= 15 is 0 Å². The third-order valence-corrected chi connectivity index (χ3v) is 4.14. The summed E-state index contributed by atoms with van der Waals surface area (Å²) in [5, 5.41) is 2.98. The first-order valence-electron chi connectivity index (χ1n) is 8.09. The molecule has 2 aromatic rings. The van der Waals surface area contributed by atoms with E-state index in [1.54, 1.807) is 7.11 Å². The number of aromatic nitrogens is 2. The topological polar surface area (TPSA) is 56.1 Å². The minimum absolute atomic E-state index is 0.0273. The number of ether oxygens (including phenoxy) is 1. The zero-order valence-corrected chi connectivity index (χ0v) is 13.7. The molecule has 1 aliphatic carbocycles. The van der Waals surface area contributed by atoms with E-state index in [1.165, 1.54) is 18.5 Å². The fourth-order valence-electron chi connectivity index (χ4n) is 2.86. The van der Waals surface area contributed by atoms with Crippen molar-refractivity contribution in [3.63, 3.8) is 0 Å². The number of carbonyl (C=O) groups excluding carboxylic acids is 1. The summed E-state index contributed by atoms with van der Waals surface area (Å²) in [4.78, 5) is 16.5. The summed E-state index contributed by atoms with van der Waals surface area (Å²) in [6, 6.07) is 8.23. The van der Waals surface area contributed by atoms with Crippen LogP contribution in [0.5, 0.6) is 5.75 Å². The Labute approximate surface area is 136 Å². The van der Waals surface area contributed by atoms with Gasteiger partial charge in [0, 0.05) is 30.9 Å². The van der Waals surface area contributed by atoms with Crippen molar-refractivity contribution < 1.29 is 9.53 Å². The standard InChI is InChI=1S/C18H23N3O2/c1-13-12-20-17(21(13)15-6-7-15)8-9-19-18(22)11-14-4-3-5-16(10-14)23-2/h3-5,10,12,15H,6-9,11H2,1-2H3,(H,19,22). The summed E-state index contributed by atoms with van der Waals surface area (Å²) in [5.74, 6) is 1.88. The monoisotopic (exact) mass is 313 g/mol. The first-order valence-corrected chi connectivity index (χ1v) is 8.09. The molecule has 0 bridgehead atoms. The Morgan fingerprint density at radius 2 is 2.26 bits per heavy atom. The van der Waals surface area contributed by atoms with Crippen molar-refractivity contribution >= 4 is 5.91 Å². The Balaban J connectivity index is 1.49. The number of hydrogen-bond acceptors (Lipinski definition) is 3. The molecule has 0 radical (unpaired) electrons. The second-order valence-electron chi connectivity index (χ2n) is 6.05. The lowest BCUT2D eigenvalue weighted by Crippen LogP contribution is -2.28. The molecule has 1 N–H and O–H groups in total. The lowest BCUT2D eigenvalue weighted by atomic mass is 10.1. The zero-order chi connectivity index (χ0) is 16.2. The van der Waals surface area contributed by atoms with Crippen LogP contribution in [0.25, 0.3) is 0 Å². The predicted molar refractivity (Wildman–Crippen MR) is 88.6 cm³/mol. The molecule has 1 saturated carbocycles. The number of amides is 1. The maximum atomic E-state index is 12.1. The molecule has 5 heteroatoms. The van der Waals surface area contributed by atoms with Crippen LogP contribution < -0.4 is 10.1 Å². The van der Waals surface area contributed by atoms with Gasteiger partial charge in [-0.05, 0) is 37.5 Å². The number of imidazole rings is 1. The largest absolute Gasteiger partial charge is 0.497 e. The van der Waals surface area contributed by atoms with Crippen molar-refractivity contribution in [1.82, 2.24) is 14.9 Å². The van der Waals surface area contributed by atoms with Gasteiger partial charge in [-0.2, -0.15) is 0 Å². The summed E-state index contributed by atoms with van der Waals surface area (Å²) in [6.45, 7) is 2.71. The van der Waals surface area contributed by atoms with Crippen LogP contribution in [0.15, 0.2) is 30.5 Å². The number of nitrogens with one attached hydrogen (secondary N) is 1. The fourth-order valence-corrected chi connectivity index (χ4v) is 2.86. The highest BCUT2D eigenvalue weighted by atomic mass is 16.5. The van der Waals surface area contributed by atoms with E-state index in [9.17, 15) is 4.79 Å². The number of hydrogen-bond donors (Lipinski definition) is 1. The number of benzene rings is 1. The van der Waals surface area contributed by atoms with Crippen LogP contribution in [0.1, 0.15) is 36.0 Å². The smallest absolute Gasteiger partial charge is 0.224 e. The third-order valence-electron chi connectivity index (χ3n) is 4.14. The highest BCUT2D eigenvalue weighted by Gasteiger charge is 2.26. The molecular weight excluding hydrogens is 290 g/mol. The van der Waals surface area contributed by atoms with Crippen molar-refractivity contribution in [3.05, 3.63) is 47.5 Å². The number of methoxy groups -OCH3 is 1. The van der Waals surface area contributed by atoms with Crippen molar-refractivity contribution in [2.45, 2.75) is 38.6 Å². The molecule has 1 aliphatic rings. The van der Waals surface area contributed by atoms with E-state index in [-0.39, 0.29) is 5.91 Å². The van der Waals surface area contributed by atoms with Crippen molar-refractivity contribution in [2.24, 2.45) is 0 Å². The molecule has 0 saturated heterocycles. The molecule has 122 valence electrons. The Hall–Kier alpha value is -2.30. The first kappa shape index (κ1) is 15.6. The van der Waals surface area contributed by atoms with E-state index in [2.05, 4.69) is 21.8 Å². The van der Waals surface area contributed by atoms with Crippen LogP contribution in [-0.4, -0.2) is 29.1 Å². The van der Waals surface area contributed by atoms with Crippen molar-refractivity contribution in [2.75, 3.05) is 13.7 Å². The van der Waals surface area contributed by atoms with E-state index in [4.69, 9.17) is 4.74 Å². The Bertz CT molecular complexity index is 689. The van der Waals surface area contributed by atoms with E-state index in [1.807, 2.05) is 30.5 Å². The summed E-state index contributed by atoms with van der Waals surface area (Å²) in [5.41, 5.74) is 2.17. The minimum Gasteiger partial charge on any atom is -0.497 e. The molecule has 1 heterocycles. The SMILES string of the molecule is COc1cccc(CC(=O)NCCc2ncc(C)n2C2CC2)c1. The van der Waals surface area contributed by atoms with Gasteiger partial charge in [0.2, 0.25) is 5.91 Å². The van der Waals surface area contributed by atoms with Gasteiger partial charge in [0.15, 0.2) is 0 Å². The number of carbonyl (C=O) groups is 1. The van der Waals surface area contributed by atoms with Gasteiger partial charge < -0.3 is 14.6 Å². The summed E-state index contributed by atoms with van der Waals surface area (Å²) >= 11 is 0. The van der Waals surface area contributed by atoms with E-state index < -0.39 is 0 Å². The maximum Gasteiger partial charge on any atom is 0.224 e. The van der Waals surface area contributed by atoms with Gasteiger partial charge in [-0.15, -0.1) is 0 Å². The Morgan fingerprint density at radius 1 is 1.43 bits per heavy atom. The highest BCUT2D eigenvalue weighted by Crippen LogP contribution is 2.36. The molecule has 0 atom stereocenters. The van der Waals surface area contributed by atoms with Gasteiger partial charge in [0.25, 0.3) is 0 Å². The maximum absolute atomic E-state index is 12.1. The van der Waals surface area contributed by atoms with E-state index in [0.29, 0.717) is 19.0 Å². The number of nitrogens with zero attached hydrogens (tertiary/aromatic N) is 2. The summed E-state index contributed by atoms with van der Waals surface area (Å²) in [6.07, 6.45) is 5.55. The van der Waals surface area contributed by atoms with Crippen LogP contribution in [0.4, 0.5) is 0 Å². The predicted octanol–water partition coefficient (Wildman–Crippen LogP) is 2.44. The van der Waals surface area contributed by atoms with E-state index in [0.717, 1.165) is 23.6 Å². The molecule has 1 aromatic carbocycles. The Kier molecular flexibility index (Phi) is 4.65. The van der Waals surface area contributed by atoms with Crippen LogP contribution in [0.2, 0.25) is 0 Å². The molecule has 5 nitrogen and oxygen atoms in total. The normalized spacial score (nSPS) is 13.8. The van der Waals surface area contributed by atoms with Gasteiger partial charge in [-0.25, -0.2) is 4.98 Å². The highest BCUT2D eigenvalue weighted by molar-refractivity contribution is 5.78. The molecule has 0 unspecified atom stereocenters. The van der Waals surface area contributed by atoms with Crippen LogP contribution in [-0.2, 0) is 17.6 Å². The minimum atomic E-state index is 0.0273. The average molecular weight is 313 g/mol. The molecule has 1 amide bonds. The lowest BCUT2D eigenvalue weighted by molar-refractivity contribution is -0.120.